The van der Waals surface area contributed by atoms with Crippen molar-refractivity contribution >= 4 is 27.1 Å². The quantitative estimate of drug-likeness (QED) is 0.428. The normalized spacial score (nSPS) is 19.4. The third-order valence-corrected chi connectivity index (χ3v) is 8.43. The van der Waals surface area contributed by atoms with Gasteiger partial charge in [-0.05, 0) is 41.7 Å². The van der Waals surface area contributed by atoms with Crippen molar-refractivity contribution in [2.24, 2.45) is 5.92 Å². The summed E-state index contributed by atoms with van der Waals surface area (Å²) in [5.41, 5.74) is 3.75. The van der Waals surface area contributed by atoms with E-state index in [0.717, 1.165) is 16.7 Å². The van der Waals surface area contributed by atoms with Gasteiger partial charge in [-0.3, -0.25) is 4.90 Å². The first kappa shape index (κ1) is 26.7. The monoisotopic (exact) mass is 562 g/mol. The van der Waals surface area contributed by atoms with Crippen LogP contribution in [-0.2, 0) is 16.0 Å². The van der Waals surface area contributed by atoms with Crippen LogP contribution < -0.4 is 4.90 Å². The Labute approximate surface area is 222 Å². The van der Waals surface area contributed by atoms with Crippen molar-refractivity contribution in [3.8, 4) is 11.1 Å². The number of hydrogen-bond acceptors (Lipinski definition) is 7. The maximum atomic E-state index is 13.6. The molecular formula is C26H25F3N4O5S. The molecule has 1 aromatic carbocycles. The molecule has 3 heterocycles. The average Bonchev–Trinajstić information content (AvgIpc) is 3.61. The van der Waals surface area contributed by atoms with E-state index in [2.05, 4.69) is 10.2 Å². The third-order valence-electron chi connectivity index (χ3n) is 6.82. The van der Waals surface area contributed by atoms with Crippen molar-refractivity contribution in [1.82, 2.24) is 15.1 Å². The van der Waals surface area contributed by atoms with Gasteiger partial charge in [-0.25, -0.2) is 13.2 Å². The highest BCUT2D eigenvalue weighted by Crippen LogP contribution is 2.35. The van der Waals surface area contributed by atoms with Crippen LogP contribution in [0.15, 0.2) is 69.4 Å². The summed E-state index contributed by atoms with van der Waals surface area (Å²) < 4.78 is 72.5. The molecule has 1 atom stereocenters. The Balaban J connectivity index is 1.41. The number of hydrogen-bond donors (Lipinski definition) is 0. The van der Waals surface area contributed by atoms with Crippen LogP contribution in [0, 0.1) is 5.92 Å². The maximum absolute atomic E-state index is 13.6. The summed E-state index contributed by atoms with van der Waals surface area (Å²) in [6.45, 7) is 2.30. The van der Waals surface area contributed by atoms with E-state index in [4.69, 9.17) is 8.83 Å². The van der Waals surface area contributed by atoms with E-state index in [1.807, 2.05) is 37.3 Å². The number of amides is 2. The van der Waals surface area contributed by atoms with Gasteiger partial charge in [-0.1, -0.05) is 31.2 Å². The molecule has 9 nitrogen and oxygen atoms in total. The first-order valence-corrected chi connectivity index (χ1v) is 14.0. The largest absolute Gasteiger partial charge is 0.472 e. The number of furan rings is 1. The summed E-state index contributed by atoms with van der Waals surface area (Å²) in [7, 11) is -3.18. The molecule has 0 bridgehead atoms. The number of benzene rings is 1. The van der Waals surface area contributed by atoms with Crippen molar-refractivity contribution < 1.29 is 35.2 Å². The molecule has 3 aromatic rings. The molecule has 206 valence electrons. The van der Waals surface area contributed by atoms with Gasteiger partial charge in [-0.15, -0.1) is 10.2 Å². The zero-order valence-electron chi connectivity index (χ0n) is 20.9. The lowest BCUT2D eigenvalue weighted by atomic mass is 9.88. The predicted octanol–water partition coefficient (Wildman–Crippen LogP) is 5.06. The highest BCUT2D eigenvalue weighted by molar-refractivity contribution is 7.91. The summed E-state index contributed by atoms with van der Waals surface area (Å²) in [4.78, 5) is 16.8. The van der Waals surface area contributed by atoms with Crippen molar-refractivity contribution in [2.45, 2.75) is 19.5 Å². The first-order chi connectivity index (χ1) is 18.5. The number of anilines is 1. The minimum atomic E-state index is -4.73. The number of carbonyl (C=O) groups excluding carboxylic acids is 1. The predicted molar refractivity (Wildman–Crippen MR) is 136 cm³/mol. The van der Waals surface area contributed by atoms with Crippen LogP contribution in [0.25, 0.3) is 16.7 Å². The maximum Gasteiger partial charge on any atom is 0.470 e. The number of nitrogens with zero attached hydrogens (tertiary/aromatic N) is 4. The number of allylic oxidation sites excluding steroid dienone is 3. The molecule has 5 rings (SSSR count). The summed E-state index contributed by atoms with van der Waals surface area (Å²) in [6.07, 6.45) is 2.18. The van der Waals surface area contributed by atoms with Crippen LogP contribution in [0.2, 0.25) is 0 Å². The lowest BCUT2D eigenvalue weighted by Gasteiger charge is -2.34. The lowest BCUT2D eigenvalue weighted by Crippen LogP contribution is -2.50. The molecule has 2 amide bonds. The van der Waals surface area contributed by atoms with Crippen molar-refractivity contribution in [3.63, 3.8) is 0 Å². The van der Waals surface area contributed by atoms with Gasteiger partial charge < -0.3 is 13.7 Å². The van der Waals surface area contributed by atoms with Crippen LogP contribution in [0.4, 0.5) is 23.7 Å². The fourth-order valence-corrected chi connectivity index (χ4v) is 5.73. The van der Waals surface area contributed by atoms with Crippen molar-refractivity contribution in [2.75, 3.05) is 36.0 Å². The van der Waals surface area contributed by atoms with Crippen LogP contribution in [0.5, 0.6) is 0 Å². The number of aromatic nitrogens is 2. The van der Waals surface area contributed by atoms with Gasteiger partial charge in [0.1, 0.15) is 0 Å². The molecule has 1 unspecified atom stereocenters. The van der Waals surface area contributed by atoms with Crippen LogP contribution in [0.3, 0.4) is 0 Å². The van der Waals surface area contributed by atoms with Gasteiger partial charge in [0, 0.05) is 36.5 Å². The molecule has 1 aliphatic carbocycles. The van der Waals surface area contributed by atoms with Crippen LogP contribution >= 0.6 is 0 Å². The zero-order valence-corrected chi connectivity index (χ0v) is 21.7. The van der Waals surface area contributed by atoms with Gasteiger partial charge in [0.2, 0.25) is 5.89 Å². The molecule has 2 aliphatic rings. The second-order valence-corrected chi connectivity index (χ2v) is 11.8. The SMILES string of the molecule is CC1CC(c2nnc(C(F)(F)F)o2)=CC=C1CN(C(=O)N1CCS(=O)(=O)CC1)c1ccc(-c2ccoc2)cc1. The highest BCUT2D eigenvalue weighted by Gasteiger charge is 2.39. The molecule has 1 saturated heterocycles. The zero-order chi connectivity index (χ0) is 27.8. The number of sulfone groups is 1. The van der Waals surface area contributed by atoms with Gasteiger partial charge in [-0.2, -0.15) is 13.2 Å². The molecule has 39 heavy (non-hydrogen) atoms. The molecule has 1 fully saturated rings. The number of halogens is 3. The van der Waals surface area contributed by atoms with Crippen molar-refractivity contribution in [1.29, 1.82) is 0 Å². The highest BCUT2D eigenvalue weighted by atomic mass is 32.2. The Morgan fingerprint density at radius 3 is 2.38 bits per heavy atom. The van der Waals surface area contributed by atoms with E-state index in [9.17, 15) is 26.4 Å². The Kier molecular flexibility index (Phi) is 7.10. The summed E-state index contributed by atoms with van der Waals surface area (Å²) >= 11 is 0. The molecule has 0 N–H and O–H groups in total. The fraction of sp³-hybridized carbons (Fsp3) is 0.346. The van der Waals surface area contributed by atoms with Gasteiger partial charge in [0.25, 0.3) is 0 Å². The van der Waals surface area contributed by atoms with Crippen LogP contribution in [0.1, 0.15) is 25.1 Å². The van der Waals surface area contributed by atoms with E-state index in [0.29, 0.717) is 17.7 Å². The second-order valence-electron chi connectivity index (χ2n) is 9.52. The molecule has 1 aliphatic heterocycles. The number of urea groups is 1. The topological polar surface area (TPSA) is 110 Å². The number of carbonyl (C=O) groups is 1. The lowest BCUT2D eigenvalue weighted by molar-refractivity contribution is -0.157. The minimum Gasteiger partial charge on any atom is -0.472 e. The fourth-order valence-electron chi connectivity index (χ4n) is 4.52. The van der Waals surface area contributed by atoms with Gasteiger partial charge >= 0.3 is 18.1 Å². The van der Waals surface area contributed by atoms with E-state index < -0.39 is 21.9 Å². The number of alkyl halides is 3. The molecule has 13 heteroatoms. The minimum absolute atomic E-state index is 0.0959. The Morgan fingerprint density at radius 2 is 1.79 bits per heavy atom. The molecule has 0 spiro atoms. The summed E-state index contributed by atoms with van der Waals surface area (Å²) in [5, 5.41) is 6.64. The van der Waals surface area contributed by atoms with E-state index in [1.165, 1.54) is 4.90 Å². The molecule has 0 radical (unpaired) electrons. The Bertz CT molecular complexity index is 1500. The molecular weight excluding hydrogens is 537 g/mol. The van der Waals surface area contributed by atoms with Crippen LogP contribution in [-0.4, -0.2) is 60.7 Å². The van der Waals surface area contributed by atoms with Gasteiger partial charge in [0.15, 0.2) is 9.84 Å². The third kappa shape index (κ3) is 5.92. The van der Waals surface area contributed by atoms with E-state index in [-0.39, 0.29) is 49.0 Å². The first-order valence-electron chi connectivity index (χ1n) is 12.2. The Morgan fingerprint density at radius 1 is 1.08 bits per heavy atom. The van der Waals surface area contributed by atoms with E-state index >= 15 is 0 Å². The summed E-state index contributed by atoms with van der Waals surface area (Å²) in [5.74, 6) is -1.93. The van der Waals surface area contributed by atoms with Crippen molar-refractivity contribution in [3.05, 3.63) is 72.4 Å². The van der Waals surface area contributed by atoms with Gasteiger partial charge in [0.05, 0.1) is 24.0 Å². The molecule has 2 aromatic heterocycles. The average molecular weight is 563 g/mol. The standard InChI is InChI=1S/C26H25F3N4O5S/c1-17-14-19(23-30-31-24(38-23)26(27,28)29)2-3-20(17)15-33(25(34)32-9-12-39(35,36)13-10-32)22-6-4-18(5-7-22)21-8-11-37-16-21/h2-8,11,16-17H,9-10,12-15H2,1H3. The summed E-state index contributed by atoms with van der Waals surface area (Å²) in [6, 6.07) is 8.86. The smallest absolute Gasteiger partial charge is 0.470 e. The number of rotatable bonds is 5. The van der Waals surface area contributed by atoms with E-state index in [1.54, 1.807) is 29.6 Å². The molecule has 0 saturated carbocycles. The second kappa shape index (κ2) is 10.4. The Hall–Kier alpha value is -3.87.